The standard InChI is InChI=1S/C24H33N3O6S/c1-18-15-21(19(2)27(18)11-14-31-3)22(28)17-25-7-9-26(10-8-25)34(29,30)20-5-6-23-24(16-20)33-13-4-12-32-23/h5-6,15-16H,4,7-14,17H2,1-3H3. The summed E-state index contributed by atoms with van der Waals surface area (Å²) in [6.45, 7) is 8.21. The number of piperazine rings is 1. The average Bonchev–Trinajstić information content (AvgIpc) is 2.98. The highest BCUT2D eigenvalue weighted by Crippen LogP contribution is 2.33. The van der Waals surface area contributed by atoms with Gasteiger partial charge in [0.25, 0.3) is 0 Å². The van der Waals surface area contributed by atoms with Gasteiger partial charge in [-0.25, -0.2) is 8.42 Å². The summed E-state index contributed by atoms with van der Waals surface area (Å²) in [5, 5.41) is 0. The third-order valence-electron chi connectivity index (χ3n) is 6.45. The third-order valence-corrected chi connectivity index (χ3v) is 8.34. The number of ether oxygens (including phenoxy) is 3. The van der Waals surface area contributed by atoms with E-state index in [1.807, 2.05) is 24.8 Å². The van der Waals surface area contributed by atoms with Gasteiger partial charge >= 0.3 is 0 Å². The number of hydrogen-bond acceptors (Lipinski definition) is 7. The predicted molar refractivity (Wildman–Crippen MR) is 127 cm³/mol. The molecule has 2 aliphatic heterocycles. The molecule has 186 valence electrons. The van der Waals surface area contributed by atoms with Crippen LogP contribution in [0.25, 0.3) is 0 Å². The quantitative estimate of drug-likeness (QED) is 0.523. The lowest BCUT2D eigenvalue weighted by Gasteiger charge is -2.33. The Morgan fingerprint density at radius 2 is 1.74 bits per heavy atom. The molecular formula is C24H33N3O6S. The molecule has 1 aromatic carbocycles. The molecule has 0 aliphatic carbocycles. The van der Waals surface area contributed by atoms with Crippen molar-refractivity contribution in [3.8, 4) is 11.5 Å². The minimum absolute atomic E-state index is 0.0518. The van der Waals surface area contributed by atoms with E-state index in [2.05, 4.69) is 4.57 Å². The molecule has 10 heteroatoms. The van der Waals surface area contributed by atoms with Crippen LogP contribution in [0.1, 0.15) is 28.2 Å². The second-order valence-electron chi connectivity index (χ2n) is 8.69. The summed E-state index contributed by atoms with van der Waals surface area (Å²) in [5.41, 5.74) is 2.69. The Balaban J connectivity index is 1.38. The normalized spacial score (nSPS) is 17.5. The van der Waals surface area contributed by atoms with Crippen LogP contribution in [0.4, 0.5) is 0 Å². The molecule has 2 aliphatic rings. The maximum Gasteiger partial charge on any atom is 0.243 e. The van der Waals surface area contributed by atoms with Crippen LogP contribution in [0, 0.1) is 13.8 Å². The smallest absolute Gasteiger partial charge is 0.243 e. The van der Waals surface area contributed by atoms with Crippen molar-refractivity contribution < 1.29 is 27.4 Å². The molecule has 9 nitrogen and oxygen atoms in total. The molecule has 3 heterocycles. The van der Waals surface area contributed by atoms with Crippen molar-refractivity contribution in [2.75, 3.05) is 59.7 Å². The molecule has 4 rings (SSSR count). The monoisotopic (exact) mass is 491 g/mol. The number of hydrogen-bond donors (Lipinski definition) is 0. The van der Waals surface area contributed by atoms with Crippen molar-refractivity contribution in [3.05, 3.63) is 41.2 Å². The van der Waals surface area contributed by atoms with Crippen LogP contribution in [0.5, 0.6) is 11.5 Å². The fourth-order valence-corrected chi connectivity index (χ4v) is 5.92. The number of methoxy groups -OCH3 is 1. The highest BCUT2D eigenvalue weighted by atomic mass is 32.2. The maximum absolute atomic E-state index is 13.2. The van der Waals surface area contributed by atoms with Crippen molar-refractivity contribution in [3.63, 3.8) is 0 Å². The number of Topliss-reactive ketones (excluding diaryl/α,β-unsaturated/α-hetero) is 1. The van der Waals surface area contributed by atoms with Gasteiger partial charge in [0.2, 0.25) is 10.0 Å². The fourth-order valence-electron chi connectivity index (χ4n) is 4.48. The number of rotatable bonds is 8. The first-order valence-electron chi connectivity index (χ1n) is 11.6. The number of aromatic nitrogens is 1. The molecule has 0 unspecified atom stereocenters. The van der Waals surface area contributed by atoms with Crippen molar-refractivity contribution in [2.45, 2.75) is 31.7 Å². The second-order valence-corrected chi connectivity index (χ2v) is 10.6. The van der Waals surface area contributed by atoms with E-state index in [-0.39, 0.29) is 17.2 Å². The molecule has 1 saturated heterocycles. The SMILES string of the molecule is COCCn1c(C)cc(C(=O)CN2CCN(S(=O)(=O)c3ccc4c(c3)OCCCO4)CC2)c1C. The highest BCUT2D eigenvalue weighted by molar-refractivity contribution is 7.89. The van der Waals surface area contributed by atoms with Crippen LogP contribution in [0.2, 0.25) is 0 Å². The van der Waals surface area contributed by atoms with Crippen LogP contribution in [0.3, 0.4) is 0 Å². The average molecular weight is 492 g/mol. The summed E-state index contributed by atoms with van der Waals surface area (Å²) in [4.78, 5) is 15.2. The van der Waals surface area contributed by atoms with E-state index < -0.39 is 10.0 Å². The largest absolute Gasteiger partial charge is 0.490 e. The number of fused-ring (bicyclic) bond motifs is 1. The Morgan fingerprint density at radius 1 is 1.03 bits per heavy atom. The van der Waals surface area contributed by atoms with Gasteiger partial charge < -0.3 is 18.8 Å². The first kappa shape index (κ1) is 24.7. The summed E-state index contributed by atoms with van der Waals surface area (Å²) < 4.78 is 46.4. The molecule has 34 heavy (non-hydrogen) atoms. The lowest BCUT2D eigenvalue weighted by atomic mass is 10.1. The minimum Gasteiger partial charge on any atom is -0.490 e. The Bertz CT molecular complexity index is 1140. The second kappa shape index (κ2) is 10.5. The van der Waals surface area contributed by atoms with Crippen LogP contribution >= 0.6 is 0 Å². The van der Waals surface area contributed by atoms with Crippen LogP contribution in [-0.2, 0) is 21.3 Å². The lowest BCUT2D eigenvalue weighted by Crippen LogP contribution is -2.49. The number of carbonyl (C=O) groups is 1. The van der Waals surface area contributed by atoms with Crippen LogP contribution in [0.15, 0.2) is 29.2 Å². The van der Waals surface area contributed by atoms with E-state index in [0.717, 1.165) is 23.4 Å². The number of carbonyl (C=O) groups excluding carboxylic acids is 1. The van der Waals surface area contributed by atoms with E-state index in [0.29, 0.717) is 64.0 Å². The number of aryl methyl sites for hydroxylation is 1. The van der Waals surface area contributed by atoms with Crippen molar-refractivity contribution in [1.29, 1.82) is 0 Å². The van der Waals surface area contributed by atoms with Crippen molar-refractivity contribution in [1.82, 2.24) is 13.8 Å². The van der Waals surface area contributed by atoms with E-state index >= 15 is 0 Å². The maximum atomic E-state index is 13.2. The third kappa shape index (κ3) is 5.14. The molecule has 0 N–H and O–H groups in total. The van der Waals surface area contributed by atoms with Gasteiger partial charge in [-0.3, -0.25) is 9.69 Å². The molecule has 0 radical (unpaired) electrons. The number of sulfonamides is 1. The molecule has 0 amide bonds. The first-order valence-corrected chi connectivity index (χ1v) is 13.1. The Hall–Kier alpha value is -2.40. The van der Waals surface area contributed by atoms with Gasteiger partial charge in [0.15, 0.2) is 17.3 Å². The van der Waals surface area contributed by atoms with E-state index in [4.69, 9.17) is 14.2 Å². The van der Waals surface area contributed by atoms with Gasteiger partial charge in [0.05, 0.1) is 31.3 Å². The predicted octanol–water partition coefficient (Wildman–Crippen LogP) is 2.10. The number of ketones is 1. The molecule has 0 spiro atoms. The Morgan fingerprint density at radius 3 is 2.44 bits per heavy atom. The highest BCUT2D eigenvalue weighted by Gasteiger charge is 2.30. The fraction of sp³-hybridized carbons (Fsp3) is 0.542. The van der Waals surface area contributed by atoms with Crippen LogP contribution < -0.4 is 9.47 Å². The molecule has 0 atom stereocenters. The van der Waals surface area contributed by atoms with E-state index in [9.17, 15) is 13.2 Å². The molecule has 0 saturated carbocycles. The van der Waals surface area contributed by atoms with Gasteiger partial charge in [-0.2, -0.15) is 4.31 Å². The van der Waals surface area contributed by atoms with Gasteiger partial charge in [0.1, 0.15) is 0 Å². The first-order chi connectivity index (χ1) is 16.3. The molecule has 2 aromatic rings. The zero-order chi connectivity index (χ0) is 24.3. The summed E-state index contributed by atoms with van der Waals surface area (Å²) in [7, 11) is -2.00. The zero-order valence-electron chi connectivity index (χ0n) is 20.1. The Labute approximate surface area is 201 Å². The van der Waals surface area contributed by atoms with Crippen molar-refractivity contribution >= 4 is 15.8 Å². The van der Waals surface area contributed by atoms with Crippen LogP contribution in [-0.4, -0.2) is 87.6 Å². The lowest BCUT2D eigenvalue weighted by molar-refractivity contribution is 0.0900. The Kier molecular flexibility index (Phi) is 7.61. The van der Waals surface area contributed by atoms with Crippen molar-refractivity contribution in [2.24, 2.45) is 0 Å². The number of benzene rings is 1. The molecule has 0 bridgehead atoms. The minimum atomic E-state index is -3.66. The van der Waals surface area contributed by atoms with E-state index in [1.165, 1.54) is 4.31 Å². The summed E-state index contributed by atoms with van der Waals surface area (Å²) in [6.07, 6.45) is 0.758. The van der Waals surface area contributed by atoms with Gasteiger partial charge in [-0.15, -0.1) is 0 Å². The molecular weight excluding hydrogens is 458 g/mol. The zero-order valence-corrected chi connectivity index (χ0v) is 20.9. The topological polar surface area (TPSA) is 90.3 Å². The molecule has 1 fully saturated rings. The van der Waals surface area contributed by atoms with E-state index in [1.54, 1.807) is 25.3 Å². The summed E-state index contributed by atoms with van der Waals surface area (Å²) in [5.74, 6) is 1.09. The number of nitrogens with zero attached hydrogens (tertiary/aromatic N) is 3. The van der Waals surface area contributed by atoms with Gasteiger partial charge in [-0.1, -0.05) is 0 Å². The van der Waals surface area contributed by atoms with Gasteiger partial charge in [-0.05, 0) is 32.0 Å². The summed E-state index contributed by atoms with van der Waals surface area (Å²) in [6, 6.07) is 6.70. The van der Waals surface area contributed by atoms with Gasteiger partial charge in [0, 0.05) is 69.3 Å². The summed E-state index contributed by atoms with van der Waals surface area (Å²) >= 11 is 0. The molecule has 1 aromatic heterocycles.